The maximum atomic E-state index is 12.7. The lowest BCUT2D eigenvalue weighted by atomic mass is 10.1. The van der Waals surface area contributed by atoms with Crippen LogP contribution >= 0.6 is 0 Å². The van der Waals surface area contributed by atoms with Crippen molar-refractivity contribution in [3.8, 4) is 5.75 Å². The third kappa shape index (κ3) is 4.21. The summed E-state index contributed by atoms with van der Waals surface area (Å²) in [4.78, 5) is 26.6. The molecular weight excluding hydrogens is 332 g/mol. The Morgan fingerprint density at radius 3 is 2.73 bits per heavy atom. The Kier molecular flexibility index (Phi) is 5.53. The van der Waals surface area contributed by atoms with Crippen molar-refractivity contribution >= 4 is 17.5 Å². The summed E-state index contributed by atoms with van der Waals surface area (Å²) in [5.41, 5.74) is 2.68. The largest absolute Gasteiger partial charge is 0.497 e. The van der Waals surface area contributed by atoms with Crippen LogP contribution < -0.4 is 10.1 Å². The highest BCUT2D eigenvalue weighted by Gasteiger charge is 2.34. The molecule has 1 heterocycles. The van der Waals surface area contributed by atoms with Crippen LogP contribution in [0.5, 0.6) is 5.75 Å². The Morgan fingerprint density at radius 2 is 2.04 bits per heavy atom. The number of anilines is 1. The van der Waals surface area contributed by atoms with Crippen LogP contribution in [0.3, 0.4) is 0 Å². The number of ether oxygens (including phenoxy) is 2. The fourth-order valence-electron chi connectivity index (χ4n) is 2.90. The third-order valence-corrected chi connectivity index (χ3v) is 4.30. The zero-order chi connectivity index (χ0) is 18.5. The van der Waals surface area contributed by atoms with Gasteiger partial charge in [-0.25, -0.2) is 0 Å². The van der Waals surface area contributed by atoms with E-state index in [2.05, 4.69) is 5.32 Å². The molecule has 3 rings (SSSR count). The molecule has 2 aromatic rings. The highest BCUT2D eigenvalue weighted by atomic mass is 16.5. The average molecular weight is 354 g/mol. The summed E-state index contributed by atoms with van der Waals surface area (Å²) < 4.78 is 10.5. The molecule has 1 atom stereocenters. The first-order valence-electron chi connectivity index (χ1n) is 8.44. The van der Waals surface area contributed by atoms with Crippen LogP contribution in [0, 0.1) is 6.92 Å². The third-order valence-electron chi connectivity index (χ3n) is 4.30. The first kappa shape index (κ1) is 17.9. The summed E-state index contributed by atoms with van der Waals surface area (Å²) in [6.45, 7) is 2.47. The van der Waals surface area contributed by atoms with Gasteiger partial charge < -0.3 is 19.7 Å². The molecule has 1 aliphatic heterocycles. The highest BCUT2D eigenvalue weighted by Crippen LogP contribution is 2.18. The molecule has 1 fully saturated rings. The number of morpholine rings is 1. The summed E-state index contributed by atoms with van der Waals surface area (Å²) in [6.07, 6.45) is 0. The Balaban J connectivity index is 1.74. The second kappa shape index (κ2) is 8.01. The molecule has 136 valence electrons. The van der Waals surface area contributed by atoms with Crippen molar-refractivity contribution < 1.29 is 19.1 Å². The number of carbonyl (C=O) groups excluding carboxylic acids is 2. The van der Waals surface area contributed by atoms with Crippen LogP contribution in [0.4, 0.5) is 5.69 Å². The number of hydrogen-bond acceptors (Lipinski definition) is 4. The molecule has 2 amide bonds. The number of carbonyl (C=O) groups is 2. The van der Waals surface area contributed by atoms with Crippen LogP contribution in [0.1, 0.15) is 11.1 Å². The monoisotopic (exact) mass is 354 g/mol. The number of nitrogens with zero attached hydrogens (tertiary/aromatic N) is 1. The van der Waals surface area contributed by atoms with E-state index in [9.17, 15) is 9.59 Å². The van der Waals surface area contributed by atoms with Crippen LogP contribution in [-0.2, 0) is 20.9 Å². The highest BCUT2D eigenvalue weighted by molar-refractivity contribution is 5.98. The normalized spacial score (nSPS) is 17.1. The lowest BCUT2D eigenvalue weighted by molar-refractivity contribution is -0.154. The van der Waals surface area contributed by atoms with Crippen molar-refractivity contribution in [2.45, 2.75) is 19.5 Å². The lowest BCUT2D eigenvalue weighted by Crippen LogP contribution is -2.54. The van der Waals surface area contributed by atoms with Gasteiger partial charge in [0.15, 0.2) is 0 Å². The van der Waals surface area contributed by atoms with E-state index < -0.39 is 6.04 Å². The second-order valence-corrected chi connectivity index (χ2v) is 6.26. The van der Waals surface area contributed by atoms with Crippen LogP contribution in [0.25, 0.3) is 0 Å². The Labute approximate surface area is 152 Å². The molecule has 6 nitrogen and oxygen atoms in total. The van der Waals surface area contributed by atoms with E-state index in [1.54, 1.807) is 12.0 Å². The average Bonchev–Trinajstić information content (AvgIpc) is 2.64. The molecule has 2 aromatic carbocycles. The smallest absolute Gasteiger partial charge is 0.249 e. The van der Waals surface area contributed by atoms with E-state index >= 15 is 0 Å². The SMILES string of the molecule is COc1ccc(CN2C(=O)COC[C@H]2C(=O)Nc2cccc(C)c2)cc1. The van der Waals surface area contributed by atoms with Gasteiger partial charge in [0.05, 0.1) is 13.7 Å². The molecule has 1 aliphatic rings. The van der Waals surface area contributed by atoms with Crippen LogP contribution in [0.15, 0.2) is 48.5 Å². The van der Waals surface area contributed by atoms with Crippen LogP contribution in [-0.4, -0.2) is 43.1 Å². The lowest BCUT2D eigenvalue weighted by Gasteiger charge is -2.34. The maximum absolute atomic E-state index is 12.7. The van der Waals surface area contributed by atoms with Gasteiger partial charge in [-0.1, -0.05) is 24.3 Å². The number of hydrogen-bond donors (Lipinski definition) is 1. The number of rotatable bonds is 5. The van der Waals surface area contributed by atoms with Crippen molar-refractivity contribution in [1.82, 2.24) is 4.90 Å². The molecule has 0 unspecified atom stereocenters. The summed E-state index contributed by atoms with van der Waals surface area (Å²) >= 11 is 0. The van der Waals surface area contributed by atoms with E-state index in [1.807, 2.05) is 55.5 Å². The Bertz CT molecular complexity index is 789. The molecule has 6 heteroatoms. The van der Waals surface area contributed by atoms with E-state index in [4.69, 9.17) is 9.47 Å². The minimum Gasteiger partial charge on any atom is -0.497 e. The van der Waals surface area contributed by atoms with E-state index in [0.29, 0.717) is 12.2 Å². The molecule has 0 aromatic heterocycles. The fourth-order valence-corrected chi connectivity index (χ4v) is 2.90. The number of amides is 2. The molecule has 0 spiro atoms. The second-order valence-electron chi connectivity index (χ2n) is 6.26. The number of benzene rings is 2. The maximum Gasteiger partial charge on any atom is 0.249 e. The number of aryl methyl sites for hydroxylation is 1. The van der Waals surface area contributed by atoms with Crippen molar-refractivity contribution in [3.05, 3.63) is 59.7 Å². The minimum atomic E-state index is -0.668. The summed E-state index contributed by atoms with van der Waals surface area (Å²) in [7, 11) is 1.60. The molecule has 0 bridgehead atoms. The van der Waals surface area contributed by atoms with Gasteiger partial charge in [0.2, 0.25) is 11.8 Å². The van der Waals surface area contributed by atoms with Gasteiger partial charge in [-0.3, -0.25) is 9.59 Å². The zero-order valence-electron chi connectivity index (χ0n) is 14.9. The standard InChI is InChI=1S/C20H22N2O4/c1-14-4-3-5-16(10-14)21-20(24)18-12-26-13-19(23)22(18)11-15-6-8-17(25-2)9-7-15/h3-10,18H,11-13H2,1-2H3,(H,21,24)/t18-/m0/s1. The van der Waals surface area contributed by atoms with E-state index in [1.165, 1.54) is 0 Å². The first-order chi connectivity index (χ1) is 12.6. The van der Waals surface area contributed by atoms with Gasteiger partial charge in [-0.05, 0) is 42.3 Å². The molecular formula is C20H22N2O4. The van der Waals surface area contributed by atoms with E-state index in [0.717, 1.165) is 16.9 Å². The Hall–Kier alpha value is -2.86. The van der Waals surface area contributed by atoms with Gasteiger partial charge in [0.25, 0.3) is 0 Å². The minimum absolute atomic E-state index is 0.00954. The van der Waals surface area contributed by atoms with Gasteiger partial charge in [0, 0.05) is 12.2 Å². The van der Waals surface area contributed by atoms with Crippen molar-refractivity contribution in [2.24, 2.45) is 0 Å². The van der Waals surface area contributed by atoms with E-state index in [-0.39, 0.29) is 25.0 Å². The molecule has 0 radical (unpaired) electrons. The van der Waals surface area contributed by atoms with Crippen molar-refractivity contribution in [1.29, 1.82) is 0 Å². The number of nitrogens with one attached hydrogen (secondary N) is 1. The predicted molar refractivity (Wildman–Crippen MR) is 98.0 cm³/mol. The van der Waals surface area contributed by atoms with Gasteiger partial charge in [-0.15, -0.1) is 0 Å². The molecule has 1 saturated heterocycles. The van der Waals surface area contributed by atoms with Gasteiger partial charge in [0.1, 0.15) is 18.4 Å². The Morgan fingerprint density at radius 1 is 1.27 bits per heavy atom. The predicted octanol–water partition coefficient (Wildman–Crippen LogP) is 2.37. The van der Waals surface area contributed by atoms with Crippen molar-refractivity contribution in [2.75, 3.05) is 25.6 Å². The number of methoxy groups -OCH3 is 1. The summed E-state index contributed by atoms with van der Waals surface area (Å²) in [6, 6.07) is 14.3. The molecule has 1 N–H and O–H groups in total. The van der Waals surface area contributed by atoms with Crippen molar-refractivity contribution in [3.63, 3.8) is 0 Å². The van der Waals surface area contributed by atoms with Crippen LogP contribution in [0.2, 0.25) is 0 Å². The summed E-state index contributed by atoms with van der Waals surface area (Å²) in [5, 5.41) is 2.87. The summed E-state index contributed by atoms with van der Waals surface area (Å²) in [5.74, 6) is 0.296. The zero-order valence-corrected chi connectivity index (χ0v) is 14.9. The molecule has 0 aliphatic carbocycles. The van der Waals surface area contributed by atoms with Gasteiger partial charge in [-0.2, -0.15) is 0 Å². The first-order valence-corrected chi connectivity index (χ1v) is 8.44. The molecule has 26 heavy (non-hydrogen) atoms. The quantitative estimate of drug-likeness (QED) is 0.895. The molecule has 0 saturated carbocycles. The topological polar surface area (TPSA) is 67.9 Å². The fraction of sp³-hybridized carbons (Fsp3) is 0.300. The van der Waals surface area contributed by atoms with Gasteiger partial charge >= 0.3 is 0 Å².